The highest BCUT2D eigenvalue weighted by atomic mass is 32.2. The molecule has 0 saturated carbocycles. The Bertz CT molecular complexity index is 771. The highest BCUT2D eigenvalue weighted by Gasteiger charge is 2.27. The second kappa shape index (κ2) is 6.43. The van der Waals surface area contributed by atoms with Crippen LogP contribution < -0.4 is 10.0 Å². The van der Waals surface area contributed by atoms with E-state index < -0.39 is 10.0 Å². The molecule has 1 aliphatic heterocycles. The van der Waals surface area contributed by atoms with Crippen LogP contribution in [0.3, 0.4) is 0 Å². The van der Waals surface area contributed by atoms with Crippen molar-refractivity contribution in [1.82, 2.24) is 19.8 Å². The maximum atomic E-state index is 12.7. The Balaban J connectivity index is 1.85. The van der Waals surface area contributed by atoms with Crippen molar-refractivity contribution < 1.29 is 8.42 Å². The highest BCUT2D eigenvalue weighted by molar-refractivity contribution is 7.89. The van der Waals surface area contributed by atoms with Crippen molar-refractivity contribution in [2.45, 2.75) is 24.3 Å². The van der Waals surface area contributed by atoms with E-state index in [2.05, 4.69) is 22.1 Å². The number of nitrogens with one attached hydrogen (secondary N) is 2. The summed E-state index contributed by atoms with van der Waals surface area (Å²) in [6.45, 7) is 3.47. The Morgan fingerprint density at radius 3 is 2.74 bits per heavy atom. The van der Waals surface area contributed by atoms with Gasteiger partial charge < -0.3 is 5.32 Å². The molecule has 2 aromatic rings. The zero-order valence-corrected chi connectivity index (χ0v) is 14.2. The lowest BCUT2D eigenvalue weighted by Crippen LogP contribution is -2.39. The predicted octanol–water partition coefficient (Wildman–Crippen LogP) is 1.36. The first-order valence-electron chi connectivity index (χ1n) is 7.79. The molecule has 1 aromatic carbocycles. The van der Waals surface area contributed by atoms with Crippen LogP contribution in [0.1, 0.15) is 13.3 Å². The summed E-state index contributed by atoms with van der Waals surface area (Å²) in [5, 5.41) is 7.66. The molecule has 2 atom stereocenters. The minimum Gasteiger partial charge on any atom is -0.312 e. The molecule has 2 heterocycles. The van der Waals surface area contributed by atoms with Crippen molar-refractivity contribution in [3.63, 3.8) is 0 Å². The molecule has 1 saturated heterocycles. The van der Waals surface area contributed by atoms with Crippen molar-refractivity contribution in [3.05, 3.63) is 36.5 Å². The Morgan fingerprint density at radius 2 is 2.09 bits per heavy atom. The third-order valence-corrected chi connectivity index (χ3v) is 5.74. The largest absolute Gasteiger partial charge is 0.312 e. The molecule has 7 heteroatoms. The molecular formula is C16H22N4O2S. The monoisotopic (exact) mass is 334 g/mol. The first kappa shape index (κ1) is 16.2. The number of benzene rings is 1. The van der Waals surface area contributed by atoms with E-state index in [0.717, 1.165) is 18.5 Å². The van der Waals surface area contributed by atoms with Gasteiger partial charge >= 0.3 is 0 Å². The minimum absolute atomic E-state index is 0.182. The van der Waals surface area contributed by atoms with E-state index in [1.54, 1.807) is 13.2 Å². The second-order valence-corrected chi connectivity index (χ2v) is 7.80. The maximum Gasteiger partial charge on any atom is 0.244 e. The van der Waals surface area contributed by atoms with Crippen LogP contribution in [-0.4, -0.2) is 37.3 Å². The van der Waals surface area contributed by atoms with Crippen LogP contribution in [0, 0.1) is 5.92 Å². The van der Waals surface area contributed by atoms with Crippen LogP contribution in [0.2, 0.25) is 0 Å². The number of rotatable bonds is 5. The van der Waals surface area contributed by atoms with E-state index in [9.17, 15) is 8.42 Å². The standard InChI is InChI=1S/C16H22N4O2S/c1-12-8-9-17-14(12)10-18-23(21,22)15-11-20(2)19-16(15)13-6-4-3-5-7-13/h3-7,11-12,14,17-18H,8-10H2,1-2H3. The van der Waals surface area contributed by atoms with Crippen LogP contribution in [0.5, 0.6) is 0 Å². The summed E-state index contributed by atoms with van der Waals surface area (Å²) < 4.78 is 29.7. The number of nitrogens with zero attached hydrogens (tertiary/aromatic N) is 2. The lowest BCUT2D eigenvalue weighted by atomic mass is 10.0. The molecular weight excluding hydrogens is 312 g/mol. The van der Waals surface area contributed by atoms with Gasteiger partial charge in [0.2, 0.25) is 10.0 Å². The van der Waals surface area contributed by atoms with E-state index in [1.807, 2.05) is 30.3 Å². The normalized spacial score (nSPS) is 21.7. The molecule has 0 bridgehead atoms. The van der Waals surface area contributed by atoms with E-state index in [0.29, 0.717) is 18.2 Å². The molecule has 23 heavy (non-hydrogen) atoms. The van der Waals surface area contributed by atoms with Gasteiger partial charge in [0.1, 0.15) is 10.6 Å². The van der Waals surface area contributed by atoms with Gasteiger partial charge in [-0.1, -0.05) is 37.3 Å². The molecule has 2 N–H and O–H groups in total. The van der Waals surface area contributed by atoms with Crippen LogP contribution >= 0.6 is 0 Å². The molecule has 1 aliphatic rings. The first-order chi connectivity index (χ1) is 11.0. The predicted molar refractivity (Wildman–Crippen MR) is 89.4 cm³/mol. The fourth-order valence-corrected chi connectivity index (χ4v) is 4.17. The molecule has 1 fully saturated rings. The summed E-state index contributed by atoms with van der Waals surface area (Å²) in [5.41, 5.74) is 1.27. The van der Waals surface area contributed by atoms with Gasteiger partial charge in [0.15, 0.2) is 0 Å². The topological polar surface area (TPSA) is 76.0 Å². The second-order valence-electron chi connectivity index (χ2n) is 6.06. The number of aromatic nitrogens is 2. The molecule has 0 spiro atoms. The fraction of sp³-hybridized carbons (Fsp3) is 0.438. The smallest absolute Gasteiger partial charge is 0.244 e. The number of aryl methyl sites for hydroxylation is 1. The summed E-state index contributed by atoms with van der Waals surface area (Å²) >= 11 is 0. The van der Waals surface area contributed by atoms with Crippen LogP contribution in [-0.2, 0) is 17.1 Å². The molecule has 1 aromatic heterocycles. The van der Waals surface area contributed by atoms with Crippen LogP contribution in [0.4, 0.5) is 0 Å². The number of hydrogen-bond acceptors (Lipinski definition) is 4. The lowest BCUT2D eigenvalue weighted by Gasteiger charge is -2.16. The SMILES string of the molecule is CC1CCNC1CNS(=O)(=O)c1cn(C)nc1-c1ccccc1. The van der Waals surface area contributed by atoms with Crippen molar-refractivity contribution >= 4 is 10.0 Å². The molecule has 0 radical (unpaired) electrons. The van der Waals surface area contributed by atoms with Gasteiger partial charge in [0, 0.05) is 31.4 Å². The summed E-state index contributed by atoms with van der Waals surface area (Å²) in [7, 11) is -1.87. The molecule has 124 valence electrons. The van der Waals surface area contributed by atoms with Gasteiger partial charge in [-0.25, -0.2) is 13.1 Å². The van der Waals surface area contributed by atoms with E-state index in [-0.39, 0.29) is 10.9 Å². The highest BCUT2D eigenvalue weighted by Crippen LogP contribution is 2.25. The molecule has 0 aliphatic carbocycles. The van der Waals surface area contributed by atoms with Gasteiger partial charge in [0.05, 0.1) is 0 Å². The summed E-state index contributed by atoms with van der Waals surface area (Å²) in [4.78, 5) is 0.219. The van der Waals surface area contributed by atoms with Gasteiger partial charge in [-0.2, -0.15) is 5.10 Å². The maximum absolute atomic E-state index is 12.7. The average molecular weight is 334 g/mol. The lowest BCUT2D eigenvalue weighted by molar-refractivity contribution is 0.472. The molecule has 0 amide bonds. The molecule has 3 rings (SSSR count). The van der Waals surface area contributed by atoms with Crippen molar-refractivity contribution in [3.8, 4) is 11.3 Å². The first-order valence-corrected chi connectivity index (χ1v) is 9.28. The van der Waals surface area contributed by atoms with Gasteiger partial charge in [-0.3, -0.25) is 4.68 Å². The Kier molecular flexibility index (Phi) is 4.52. The van der Waals surface area contributed by atoms with E-state index >= 15 is 0 Å². The third kappa shape index (κ3) is 3.46. The van der Waals surface area contributed by atoms with Crippen LogP contribution in [0.15, 0.2) is 41.4 Å². The van der Waals surface area contributed by atoms with Gasteiger partial charge in [-0.05, 0) is 18.9 Å². The number of sulfonamides is 1. The van der Waals surface area contributed by atoms with E-state index in [4.69, 9.17) is 0 Å². The van der Waals surface area contributed by atoms with Crippen molar-refractivity contribution in [2.24, 2.45) is 13.0 Å². The summed E-state index contributed by atoms with van der Waals surface area (Å²) in [6.07, 6.45) is 2.63. The summed E-state index contributed by atoms with van der Waals surface area (Å²) in [5.74, 6) is 0.472. The quantitative estimate of drug-likeness (QED) is 0.866. The zero-order chi connectivity index (χ0) is 16.4. The fourth-order valence-electron chi connectivity index (χ4n) is 2.91. The molecule has 6 nitrogen and oxygen atoms in total. The zero-order valence-electron chi connectivity index (χ0n) is 13.4. The van der Waals surface area contributed by atoms with Crippen molar-refractivity contribution in [1.29, 1.82) is 0 Å². The Labute approximate surface area is 137 Å². The van der Waals surface area contributed by atoms with Crippen LogP contribution in [0.25, 0.3) is 11.3 Å². The Hall–Kier alpha value is -1.70. The van der Waals surface area contributed by atoms with Gasteiger partial charge in [0.25, 0.3) is 0 Å². The summed E-state index contributed by atoms with van der Waals surface area (Å²) in [6, 6.07) is 9.55. The third-order valence-electron chi connectivity index (χ3n) is 4.32. The van der Waals surface area contributed by atoms with Gasteiger partial charge in [-0.15, -0.1) is 0 Å². The minimum atomic E-state index is -3.60. The number of hydrogen-bond donors (Lipinski definition) is 2. The average Bonchev–Trinajstić information content (AvgIpc) is 3.12. The van der Waals surface area contributed by atoms with E-state index in [1.165, 1.54) is 4.68 Å². The molecule has 2 unspecified atom stereocenters. The van der Waals surface area contributed by atoms with Crippen molar-refractivity contribution in [2.75, 3.05) is 13.1 Å². The Morgan fingerprint density at radius 1 is 1.35 bits per heavy atom.